The number of carbonyl (C=O) groups excluding carboxylic acids is 1. The predicted molar refractivity (Wildman–Crippen MR) is 66.0 cm³/mol. The van der Waals surface area contributed by atoms with Crippen molar-refractivity contribution in [3.8, 4) is 0 Å². The van der Waals surface area contributed by atoms with Gasteiger partial charge in [0.15, 0.2) is 0 Å². The van der Waals surface area contributed by atoms with E-state index in [0.29, 0.717) is 6.42 Å². The Kier molecular flexibility index (Phi) is 6.57. The lowest BCUT2D eigenvalue weighted by molar-refractivity contribution is 0.232. The molecule has 0 saturated heterocycles. The molecule has 0 atom stereocenters. The number of halogens is 3. The Hall–Kier alpha value is -0.210. The Morgan fingerprint density at radius 3 is 2.35 bits per heavy atom. The average molecular weight is 326 g/mol. The van der Waals surface area contributed by atoms with Crippen LogP contribution in [-0.4, -0.2) is 29.2 Å². The second-order valence-corrected chi connectivity index (χ2v) is 6.76. The summed E-state index contributed by atoms with van der Waals surface area (Å²) in [5.74, 6) is 0. The lowest BCUT2D eigenvalue weighted by Crippen LogP contribution is -2.38. The van der Waals surface area contributed by atoms with E-state index >= 15 is 0 Å². The monoisotopic (exact) mass is 324 g/mol. The van der Waals surface area contributed by atoms with Gasteiger partial charge in [-0.15, -0.1) is 0 Å². The molecule has 17 heavy (non-hydrogen) atoms. The Bertz CT molecular complexity index is 390. The molecule has 0 aliphatic carbocycles. The van der Waals surface area contributed by atoms with Gasteiger partial charge in [0.25, 0.3) is 0 Å². The summed E-state index contributed by atoms with van der Waals surface area (Å²) >= 11 is 15.9. The first kappa shape index (κ1) is 16.8. The van der Waals surface area contributed by atoms with Gasteiger partial charge in [0, 0.05) is 6.20 Å². The van der Waals surface area contributed by atoms with Crippen LogP contribution in [0, 0.1) is 0 Å². The smallest absolute Gasteiger partial charge is 0.350 e. The molecule has 0 bridgehead atoms. The molecule has 0 radical (unpaired) electrons. The van der Waals surface area contributed by atoms with Crippen molar-refractivity contribution in [2.75, 3.05) is 6.61 Å². The quantitative estimate of drug-likeness (QED) is 0.782. The highest BCUT2D eigenvalue weighted by molar-refractivity contribution is 7.85. The van der Waals surface area contributed by atoms with Crippen molar-refractivity contribution in [2.45, 2.75) is 17.1 Å². The number of amides is 2. The van der Waals surface area contributed by atoms with Gasteiger partial charge in [-0.1, -0.05) is 47.8 Å². The van der Waals surface area contributed by atoms with Crippen molar-refractivity contribution < 1.29 is 17.4 Å². The summed E-state index contributed by atoms with van der Waals surface area (Å²) in [5.41, 5.74) is 4.88. The molecule has 0 rings (SSSR count). The first-order valence-electron chi connectivity index (χ1n) is 4.32. The van der Waals surface area contributed by atoms with Crippen LogP contribution in [0.1, 0.15) is 13.3 Å². The molecule has 0 aliphatic heterocycles. The Morgan fingerprint density at radius 1 is 1.47 bits per heavy atom. The number of alkyl halides is 3. The van der Waals surface area contributed by atoms with Gasteiger partial charge in [0.05, 0.1) is 0 Å². The normalized spacial score (nSPS) is 12.9. The highest BCUT2D eigenvalue weighted by Crippen LogP contribution is 2.27. The third-order valence-corrected chi connectivity index (χ3v) is 2.83. The number of hydrogen-bond acceptors (Lipinski definition) is 4. The number of hydrogen-bond donors (Lipinski definition) is 1. The maximum Gasteiger partial charge on any atom is 0.370 e. The molecule has 6 nitrogen and oxygen atoms in total. The van der Waals surface area contributed by atoms with Crippen molar-refractivity contribution in [3.63, 3.8) is 0 Å². The van der Waals surface area contributed by atoms with Crippen LogP contribution in [0.2, 0.25) is 0 Å². The number of primary amides is 1. The SMILES string of the molecule is CC/C=C/N(C(N)=O)S(=O)(=O)OCC(Cl)(Cl)Cl. The molecule has 0 heterocycles. The zero-order chi connectivity index (χ0) is 13.7. The summed E-state index contributed by atoms with van der Waals surface area (Å²) in [7, 11) is -4.41. The molecule has 0 spiro atoms. The Morgan fingerprint density at radius 2 is 2.00 bits per heavy atom. The lowest BCUT2D eigenvalue weighted by atomic mass is 10.5. The summed E-state index contributed by atoms with van der Waals surface area (Å²) in [5, 5.41) is 0. The van der Waals surface area contributed by atoms with Crippen LogP contribution in [0.4, 0.5) is 4.79 Å². The largest absolute Gasteiger partial charge is 0.370 e. The fourth-order valence-electron chi connectivity index (χ4n) is 0.657. The fourth-order valence-corrected chi connectivity index (χ4v) is 1.91. The van der Waals surface area contributed by atoms with Crippen LogP contribution in [-0.2, 0) is 14.5 Å². The first-order chi connectivity index (χ1) is 7.60. The summed E-state index contributed by atoms with van der Waals surface area (Å²) < 4.78 is 25.7. The van der Waals surface area contributed by atoms with Gasteiger partial charge in [0.2, 0.25) is 3.79 Å². The van der Waals surface area contributed by atoms with Gasteiger partial charge in [-0.05, 0) is 6.42 Å². The minimum Gasteiger partial charge on any atom is -0.350 e. The van der Waals surface area contributed by atoms with Gasteiger partial charge >= 0.3 is 16.3 Å². The van der Waals surface area contributed by atoms with E-state index in [2.05, 4.69) is 4.18 Å². The van der Waals surface area contributed by atoms with E-state index in [-0.39, 0.29) is 4.31 Å². The average Bonchev–Trinajstić information content (AvgIpc) is 2.14. The maximum absolute atomic E-state index is 11.5. The summed E-state index contributed by atoms with van der Waals surface area (Å²) in [6, 6.07) is -1.22. The summed E-state index contributed by atoms with van der Waals surface area (Å²) in [6.45, 7) is 1.01. The van der Waals surface area contributed by atoms with Gasteiger partial charge in [-0.3, -0.25) is 0 Å². The molecule has 0 aromatic heterocycles. The van der Waals surface area contributed by atoms with E-state index in [1.807, 2.05) is 0 Å². The van der Waals surface area contributed by atoms with Crippen molar-refractivity contribution in [1.29, 1.82) is 0 Å². The second-order valence-electron chi connectivity index (χ2n) is 2.76. The standard InChI is InChI=1S/C7H11Cl3N2O4S/c1-2-3-4-12(6(11)13)17(14,15)16-5-7(8,9)10/h3-4H,2,5H2,1H3,(H2,11,13)/b4-3+. The molecule has 2 amide bonds. The van der Waals surface area contributed by atoms with Crippen molar-refractivity contribution in [2.24, 2.45) is 5.73 Å². The molecule has 0 saturated carbocycles. The van der Waals surface area contributed by atoms with E-state index in [1.165, 1.54) is 6.08 Å². The second kappa shape index (κ2) is 6.65. The van der Waals surface area contributed by atoms with Crippen molar-refractivity contribution in [3.05, 3.63) is 12.3 Å². The minimum atomic E-state index is -4.41. The molecule has 0 aliphatic rings. The van der Waals surface area contributed by atoms with Crippen LogP contribution >= 0.6 is 34.8 Å². The molecule has 0 unspecified atom stereocenters. The van der Waals surface area contributed by atoms with E-state index in [9.17, 15) is 13.2 Å². The molecule has 10 heteroatoms. The topological polar surface area (TPSA) is 89.7 Å². The molecule has 0 aromatic carbocycles. The van der Waals surface area contributed by atoms with E-state index in [4.69, 9.17) is 40.5 Å². The predicted octanol–water partition coefficient (Wildman–Crippen LogP) is 1.92. The molecule has 2 N–H and O–H groups in total. The molecular formula is C7H11Cl3N2O4S. The van der Waals surface area contributed by atoms with Crippen molar-refractivity contribution in [1.82, 2.24) is 4.31 Å². The van der Waals surface area contributed by atoms with E-state index < -0.39 is 26.7 Å². The van der Waals surface area contributed by atoms with Crippen molar-refractivity contribution >= 4 is 51.1 Å². The maximum atomic E-state index is 11.5. The highest BCUT2D eigenvalue weighted by atomic mass is 35.6. The Balaban J connectivity index is 4.86. The Labute approximate surface area is 114 Å². The number of nitrogens with two attached hydrogens (primary N) is 1. The third kappa shape index (κ3) is 6.95. The van der Waals surface area contributed by atoms with Crippen LogP contribution in [0.3, 0.4) is 0 Å². The minimum absolute atomic E-state index is 0.215. The number of urea groups is 1. The summed E-state index contributed by atoms with van der Waals surface area (Å²) in [6.07, 6.45) is 2.88. The summed E-state index contributed by atoms with van der Waals surface area (Å²) in [4.78, 5) is 10.9. The lowest BCUT2D eigenvalue weighted by Gasteiger charge is -2.17. The van der Waals surface area contributed by atoms with Gasteiger partial charge in [-0.2, -0.15) is 12.7 Å². The number of carbonyl (C=O) groups is 1. The molecular weight excluding hydrogens is 315 g/mol. The zero-order valence-corrected chi connectivity index (χ0v) is 11.9. The van der Waals surface area contributed by atoms with Gasteiger partial charge in [0.1, 0.15) is 6.61 Å². The number of nitrogens with zero attached hydrogens (tertiary/aromatic N) is 1. The van der Waals surface area contributed by atoms with Crippen LogP contribution < -0.4 is 5.73 Å². The molecule has 0 aromatic rings. The zero-order valence-electron chi connectivity index (χ0n) is 8.77. The number of allylic oxidation sites excluding steroid dienone is 1. The van der Waals surface area contributed by atoms with Crippen LogP contribution in [0.25, 0.3) is 0 Å². The van der Waals surface area contributed by atoms with Gasteiger partial charge < -0.3 is 5.73 Å². The highest BCUT2D eigenvalue weighted by Gasteiger charge is 2.29. The number of rotatable bonds is 5. The van der Waals surface area contributed by atoms with Gasteiger partial charge in [-0.25, -0.2) is 8.98 Å². The third-order valence-electron chi connectivity index (χ3n) is 1.31. The molecule has 0 fully saturated rings. The van der Waals surface area contributed by atoms with Crippen LogP contribution in [0.5, 0.6) is 0 Å². The first-order valence-corrected chi connectivity index (χ1v) is 6.81. The van der Waals surface area contributed by atoms with E-state index in [1.54, 1.807) is 6.92 Å². The fraction of sp³-hybridized carbons (Fsp3) is 0.571. The molecule has 100 valence electrons. The van der Waals surface area contributed by atoms with E-state index in [0.717, 1.165) is 6.20 Å². The van der Waals surface area contributed by atoms with Crippen LogP contribution in [0.15, 0.2) is 12.3 Å².